The first-order valence-corrected chi connectivity index (χ1v) is 16.9. The Morgan fingerprint density at radius 1 is 0.761 bits per heavy atom. The van der Waals surface area contributed by atoms with Gasteiger partial charge in [0.15, 0.2) is 5.60 Å². The molecule has 0 fully saturated rings. The van der Waals surface area contributed by atoms with Gasteiger partial charge < -0.3 is 25.7 Å². The molecule has 0 aliphatic carbocycles. The third-order valence-corrected chi connectivity index (χ3v) is 8.20. The molecule has 0 unspecified atom stereocenters. The van der Waals surface area contributed by atoms with Gasteiger partial charge >= 0.3 is 17.9 Å². The number of carbonyl (C=O) groups excluding carboxylic acids is 2. The molecule has 0 aliphatic rings. The molecule has 1 aromatic carbocycles. The monoisotopic (exact) mass is 645 g/mol. The largest absolute Gasteiger partial charge is 0.481 e. The first-order valence-electron chi connectivity index (χ1n) is 16.9. The molecule has 5 N–H and O–H groups in total. The first-order chi connectivity index (χ1) is 21.9. The first kappa shape index (κ1) is 40.5. The maximum absolute atomic E-state index is 13.3. The molecular weight excluding hydrogens is 590 g/mol. The number of rotatable bonds is 27. The van der Waals surface area contributed by atoms with Gasteiger partial charge in [-0.2, -0.15) is 0 Å². The third-order valence-electron chi connectivity index (χ3n) is 8.20. The van der Waals surface area contributed by atoms with Gasteiger partial charge in [-0.15, -0.1) is 0 Å². The van der Waals surface area contributed by atoms with Gasteiger partial charge in [0.05, 0.1) is 12.3 Å². The van der Waals surface area contributed by atoms with E-state index in [-0.39, 0.29) is 12.2 Å². The molecule has 10 nitrogen and oxygen atoms in total. The van der Waals surface area contributed by atoms with Gasteiger partial charge in [-0.1, -0.05) is 102 Å². The molecule has 0 saturated heterocycles. The zero-order valence-corrected chi connectivity index (χ0v) is 27.7. The Hall–Kier alpha value is -3.53. The van der Waals surface area contributed by atoms with Crippen LogP contribution >= 0.6 is 0 Å². The summed E-state index contributed by atoms with van der Waals surface area (Å²) in [7, 11) is 0. The molecule has 10 heteroatoms. The van der Waals surface area contributed by atoms with Gasteiger partial charge in [0.2, 0.25) is 5.91 Å². The Balaban J connectivity index is 2.81. The average molecular weight is 646 g/mol. The van der Waals surface area contributed by atoms with Gasteiger partial charge in [0.1, 0.15) is 11.8 Å². The minimum Gasteiger partial charge on any atom is -0.481 e. The lowest BCUT2D eigenvalue weighted by Gasteiger charge is -2.29. The Bertz CT molecular complexity index is 1110. The number of amides is 1. The van der Waals surface area contributed by atoms with Gasteiger partial charge in [-0.25, -0.2) is 9.59 Å². The van der Waals surface area contributed by atoms with E-state index in [4.69, 9.17) is 0 Å². The molecule has 0 heterocycles. The molecule has 1 rings (SSSR count). The summed E-state index contributed by atoms with van der Waals surface area (Å²) in [4.78, 5) is 60.9. The highest BCUT2D eigenvalue weighted by molar-refractivity contribution is 5.94. The Labute approximate surface area is 273 Å². The maximum Gasteiger partial charge on any atom is 0.337 e. The van der Waals surface area contributed by atoms with Crippen molar-refractivity contribution < 1.29 is 44.4 Å². The number of aryl methyl sites for hydroxylation is 1. The smallest absolute Gasteiger partial charge is 0.337 e. The van der Waals surface area contributed by atoms with E-state index in [0.717, 1.165) is 75.8 Å². The Morgan fingerprint density at radius 2 is 1.30 bits per heavy atom. The highest BCUT2D eigenvalue weighted by Gasteiger charge is 2.49. The van der Waals surface area contributed by atoms with Crippen molar-refractivity contribution in [2.45, 2.75) is 141 Å². The number of carboxylic acids is 3. The number of allylic oxidation sites excluding steroid dienone is 1. The molecule has 0 saturated carbocycles. The summed E-state index contributed by atoms with van der Waals surface area (Å²) in [6.07, 6.45) is 15.7. The second-order valence-electron chi connectivity index (χ2n) is 12.2. The van der Waals surface area contributed by atoms with Crippen molar-refractivity contribution in [2.24, 2.45) is 5.92 Å². The fraction of sp³-hybridized carbons (Fsp3) is 0.639. The maximum atomic E-state index is 13.3. The number of aliphatic hydroxyl groups is 1. The third kappa shape index (κ3) is 16.2. The van der Waals surface area contributed by atoms with Gasteiger partial charge in [0.25, 0.3) is 0 Å². The lowest BCUT2D eigenvalue weighted by Crippen LogP contribution is -2.55. The van der Waals surface area contributed by atoms with E-state index >= 15 is 0 Å². The van der Waals surface area contributed by atoms with Gasteiger partial charge in [0, 0.05) is 19.3 Å². The molecule has 0 spiro atoms. The van der Waals surface area contributed by atoms with Crippen LogP contribution in [0.2, 0.25) is 0 Å². The number of benzene rings is 1. The lowest BCUT2D eigenvalue weighted by atomic mass is 9.82. The van der Waals surface area contributed by atoms with Gasteiger partial charge in [-0.05, 0) is 49.7 Å². The minimum absolute atomic E-state index is 0.0848. The summed E-state index contributed by atoms with van der Waals surface area (Å²) in [5.74, 6) is -7.55. The number of ketones is 1. The van der Waals surface area contributed by atoms with E-state index in [1.165, 1.54) is 18.9 Å². The van der Waals surface area contributed by atoms with Crippen molar-refractivity contribution in [1.82, 2.24) is 5.32 Å². The van der Waals surface area contributed by atoms with Crippen LogP contribution in [-0.2, 0) is 36.8 Å². The van der Waals surface area contributed by atoms with Crippen molar-refractivity contribution in [1.29, 1.82) is 0 Å². The fourth-order valence-corrected chi connectivity index (χ4v) is 5.35. The van der Waals surface area contributed by atoms with Crippen LogP contribution in [0.15, 0.2) is 36.4 Å². The summed E-state index contributed by atoms with van der Waals surface area (Å²) in [6.45, 7) is 4.27. The Kier molecular flexibility index (Phi) is 20.2. The van der Waals surface area contributed by atoms with E-state index < -0.39 is 47.8 Å². The summed E-state index contributed by atoms with van der Waals surface area (Å²) in [6, 6.07) is 5.94. The van der Waals surface area contributed by atoms with E-state index in [1.807, 2.05) is 12.1 Å². The van der Waals surface area contributed by atoms with E-state index in [9.17, 15) is 44.4 Å². The van der Waals surface area contributed by atoms with Crippen LogP contribution in [0.1, 0.15) is 128 Å². The van der Waals surface area contributed by atoms with Crippen LogP contribution in [-0.4, -0.2) is 61.7 Å². The lowest BCUT2D eigenvalue weighted by molar-refractivity contribution is -0.172. The summed E-state index contributed by atoms with van der Waals surface area (Å²) in [5.41, 5.74) is -1.24. The molecule has 1 amide bonds. The standard InChI is InChI=1S/C36H55NO9/c1-3-5-7-10-14-18-29(38)19-15-11-8-9-12-16-20-30(36(46,35(44)45)26-32(39)40)33(41)37-31(34(42)43)25-28-23-21-27(22-24-28)17-13-6-4-2/h16,20-24,30-31,46H,3-15,17-19,25-26H2,1-2H3,(H,37,41)(H,39,40)(H,42,43)(H,44,45)/t30-,31+,36+/m1/s1. The highest BCUT2D eigenvalue weighted by atomic mass is 16.4. The molecule has 0 bridgehead atoms. The molecule has 0 aromatic heterocycles. The van der Waals surface area contributed by atoms with Crippen molar-refractivity contribution >= 4 is 29.6 Å². The zero-order chi connectivity index (χ0) is 34.4. The number of hydrogen-bond donors (Lipinski definition) is 5. The Morgan fingerprint density at radius 3 is 1.85 bits per heavy atom. The van der Waals surface area contributed by atoms with Crippen molar-refractivity contribution in [3.8, 4) is 0 Å². The number of Topliss-reactive ketones (excluding diaryl/α,β-unsaturated/α-hetero) is 1. The van der Waals surface area contributed by atoms with Crippen molar-refractivity contribution in [3.63, 3.8) is 0 Å². The molecule has 0 aliphatic heterocycles. The quantitative estimate of drug-likeness (QED) is 0.0545. The molecule has 46 heavy (non-hydrogen) atoms. The SMILES string of the molecule is CCCCCCCC(=O)CCCCCCC=C[C@H](C(=O)N[C@@H](Cc1ccc(CCCCC)cc1)C(=O)O)[C@@](O)(CC(=O)O)C(=O)O. The van der Waals surface area contributed by atoms with E-state index in [1.54, 1.807) is 12.1 Å². The van der Waals surface area contributed by atoms with Crippen molar-refractivity contribution in [2.75, 3.05) is 0 Å². The van der Waals surface area contributed by atoms with Crippen LogP contribution in [0.5, 0.6) is 0 Å². The molecule has 1 aromatic rings. The summed E-state index contributed by atoms with van der Waals surface area (Å²) >= 11 is 0. The van der Waals surface area contributed by atoms with Gasteiger partial charge in [-0.3, -0.25) is 14.4 Å². The van der Waals surface area contributed by atoms with E-state index in [2.05, 4.69) is 19.2 Å². The summed E-state index contributed by atoms with van der Waals surface area (Å²) < 4.78 is 0. The predicted octanol–water partition coefficient (Wildman–Crippen LogP) is 6.26. The minimum atomic E-state index is -2.99. The highest BCUT2D eigenvalue weighted by Crippen LogP contribution is 2.26. The van der Waals surface area contributed by atoms with Crippen LogP contribution in [0, 0.1) is 5.92 Å². The fourth-order valence-electron chi connectivity index (χ4n) is 5.35. The number of aliphatic carboxylic acids is 3. The molecule has 3 atom stereocenters. The van der Waals surface area contributed by atoms with Crippen molar-refractivity contribution in [3.05, 3.63) is 47.5 Å². The number of unbranched alkanes of at least 4 members (excludes halogenated alkanes) is 10. The number of nitrogens with one attached hydrogen (secondary N) is 1. The number of carbonyl (C=O) groups is 5. The average Bonchev–Trinajstić information content (AvgIpc) is 3.00. The predicted molar refractivity (Wildman–Crippen MR) is 176 cm³/mol. The van der Waals surface area contributed by atoms with Crippen LogP contribution in [0.4, 0.5) is 0 Å². The molecule has 258 valence electrons. The number of carboxylic acid groups (broad SMARTS) is 3. The summed E-state index contributed by atoms with van der Waals surface area (Å²) in [5, 5.41) is 42.1. The molecular formula is C36H55NO9. The normalized spacial score (nSPS) is 14.0. The topological polar surface area (TPSA) is 178 Å². The zero-order valence-electron chi connectivity index (χ0n) is 27.7. The van der Waals surface area contributed by atoms with Crippen LogP contribution in [0.3, 0.4) is 0 Å². The molecule has 0 radical (unpaired) electrons. The van der Waals surface area contributed by atoms with Crippen LogP contribution in [0.25, 0.3) is 0 Å². The second-order valence-corrected chi connectivity index (χ2v) is 12.2. The second kappa shape index (κ2) is 22.9. The number of hydrogen-bond acceptors (Lipinski definition) is 6. The van der Waals surface area contributed by atoms with Crippen LogP contribution < -0.4 is 5.32 Å². The van der Waals surface area contributed by atoms with E-state index in [0.29, 0.717) is 31.2 Å².